The zero-order chi connectivity index (χ0) is 8.39. The summed E-state index contributed by atoms with van der Waals surface area (Å²) >= 11 is 1.42. The molecule has 59 valence electrons. The van der Waals surface area contributed by atoms with Crippen molar-refractivity contribution in [1.82, 2.24) is 4.98 Å². The molecule has 0 bridgehead atoms. The molecular weight excluding hydrogens is 173 g/mol. The number of benzene rings is 1. The van der Waals surface area contributed by atoms with Crippen LogP contribution in [0.5, 0.6) is 0 Å². The molecule has 0 aliphatic rings. The highest BCUT2D eigenvalue weighted by molar-refractivity contribution is 7.12. The largest absolute Gasteiger partial charge is 0.244 e. The molecule has 0 N–H and O–H groups in total. The lowest BCUT2D eigenvalue weighted by Gasteiger charge is -1.93. The summed E-state index contributed by atoms with van der Waals surface area (Å²) in [5.41, 5.74) is 0.933. The van der Waals surface area contributed by atoms with Crippen LogP contribution in [0.1, 0.15) is 0 Å². The van der Waals surface area contributed by atoms with Gasteiger partial charge in [-0.1, -0.05) is 0 Å². The fourth-order valence-electron chi connectivity index (χ4n) is 0.919. The second kappa shape index (κ2) is 3.03. The molecule has 2 rings (SSSR count). The molecule has 0 saturated carbocycles. The Hall–Kier alpha value is -1.22. The summed E-state index contributed by atoms with van der Waals surface area (Å²) in [6.07, 6.45) is 1.61. The molecule has 1 nitrogen and oxygen atoms in total. The SMILES string of the molecule is Fc1ccc(-c2nc[c]s2)cc1. The number of halogens is 1. The molecule has 1 aromatic carbocycles. The molecule has 1 radical (unpaired) electrons. The first kappa shape index (κ1) is 7.43. The van der Waals surface area contributed by atoms with E-state index in [-0.39, 0.29) is 5.82 Å². The fourth-order valence-corrected chi connectivity index (χ4v) is 1.50. The van der Waals surface area contributed by atoms with Crippen molar-refractivity contribution in [1.29, 1.82) is 0 Å². The number of aromatic nitrogens is 1. The van der Waals surface area contributed by atoms with E-state index in [2.05, 4.69) is 10.4 Å². The second-order valence-electron chi connectivity index (χ2n) is 2.29. The Balaban J connectivity index is 2.43. The molecule has 0 aliphatic heterocycles. The van der Waals surface area contributed by atoms with Crippen LogP contribution in [0, 0.1) is 11.2 Å². The number of nitrogens with zero attached hydrogens (tertiary/aromatic N) is 1. The molecular formula is C9H5FNS. The lowest BCUT2D eigenvalue weighted by molar-refractivity contribution is 0.628. The Morgan fingerprint density at radius 3 is 2.58 bits per heavy atom. The van der Waals surface area contributed by atoms with Gasteiger partial charge >= 0.3 is 0 Å². The topological polar surface area (TPSA) is 12.9 Å². The van der Waals surface area contributed by atoms with Crippen LogP contribution in [-0.2, 0) is 0 Å². The number of rotatable bonds is 1. The predicted molar refractivity (Wildman–Crippen MR) is 46.3 cm³/mol. The Labute approximate surface area is 73.5 Å². The van der Waals surface area contributed by atoms with Gasteiger partial charge in [-0.25, -0.2) is 9.37 Å². The van der Waals surface area contributed by atoms with Crippen molar-refractivity contribution in [3.63, 3.8) is 0 Å². The van der Waals surface area contributed by atoms with Gasteiger partial charge in [-0.15, -0.1) is 11.3 Å². The zero-order valence-electron chi connectivity index (χ0n) is 6.12. The smallest absolute Gasteiger partial charge is 0.123 e. The summed E-state index contributed by atoms with van der Waals surface area (Å²) in [7, 11) is 0. The molecule has 1 aromatic heterocycles. The maximum absolute atomic E-state index is 12.5. The van der Waals surface area contributed by atoms with Crippen LogP contribution in [0.4, 0.5) is 4.39 Å². The molecule has 0 fully saturated rings. The van der Waals surface area contributed by atoms with E-state index in [1.165, 1.54) is 23.5 Å². The maximum atomic E-state index is 12.5. The van der Waals surface area contributed by atoms with Crippen LogP contribution < -0.4 is 0 Å². The van der Waals surface area contributed by atoms with Gasteiger partial charge in [0.2, 0.25) is 0 Å². The first-order chi connectivity index (χ1) is 5.86. The van der Waals surface area contributed by atoms with Gasteiger partial charge in [0.15, 0.2) is 0 Å². The number of hydrogen-bond acceptors (Lipinski definition) is 2. The van der Waals surface area contributed by atoms with Gasteiger partial charge in [0.1, 0.15) is 10.8 Å². The fraction of sp³-hybridized carbons (Fsp3) is 0. The lowest BCUT2D eigenvalue weighted by atomic mass is 10.2. The molecule has 0 atom stereocenters. The van der Waals surface area contributed by atoms with E-state index in [1.54, 1.807) is 18.3 Å². The van der Waals surface area contributed by atoms with Crippen molar-refractivity contribution in [2.45, 2.75) is 0 Å². The van der Waals surface area contributed by atoms with Crippen LogP contribution in [-0.4, -0.2) is 4.98 Å². The number of thiazole rings is 1. The summed E-state index contributed by atoms with van der Waals surface area (Å²) in [5.74, 6) is -0.223. The van der Waals surface area contributed by atoms with Gasteiger partial charge in [0, 0.05) is 11.8 Å². The maximum Gasteiger partial charge on any atom is 0.123 e. The number of hydrogen-bond donors (Lipinski definition) is 0. The Morgan fingerprint density at radius 2 is 2.00 bits per heavy atom. The van der Waals surface area contributed by atoms with Gasteiger partial charge in [-0.05, 0) is 24.3 Å². The quantitative estimate of drug-likeness (QED) is 0.654. The highest BCUT2D eigenvalue weighted by atomic mass is 32.1. The third-order valence-corrected chi connectivity index (χ3v) is 2.24. The Kier molecular flexibility index (Phi) is 1.87. The van der Waals surface area contributed by atoms with Gasteiger partial charge in [-0.3, -0.25) is 0 Å². The first-order valence-electron chi connectivity index (χ1n) is 3.44. The Morgan fingerprint density at radius 1 is 1.25 bits per heavy atom. The zero-order valence-corrected chi connectivity index (χ0v) is 6.94. The molecule has 3 heteroatoms. The van der Waals surface area contributed by atoms with Crippen molar-refractivity contribution >= 4 is 11.3 Å². The van der Waals surface area contributed by atoms with E-state index in [0.717, 1.165) is 10.6 Å². The van der Waals surface area contributed by atoms with E-state index in [4.69, 9.17) is 0 Å². The average molecular weight is 178 g/mol. The minimum atomic E-state index is -0.223. The van der Waals surface area contributed by atoms with Crippen LogP contribution in [0.3, 0.4) is 0 Å². The molecule has 12 heavy (non-hydrogen) atoms. The van der Waals surface area contributed by atoms with Gasteiger partial charge in [0.25, 0.3) is 0 Å². The van der Waals surface area contributed by atoms with Crippen molar-refractivity contribution < 1.29 is 4.39 Å². The van der Waals surface area contributed by atoms with Crippen LogP contribution >= 0.6 is 11.3 Å². The normalized spacial score (nSPS) is 10.1. The molecule has 0 amide bonds. The third-order valence-electron chi connectivity index (χ3n) is 1.48. The predicted octanol–water partition coefficient (Wildman–Crippen LogP) is 2.75. The average Bonchev–Trinajstić information content (AvgIpc) is 2.58. The summed E-state index contributed by atoms with van der Waals surface area (Å²) < 4.78 is 12.5. The molecule has 0 aliphatic carbocycles. The van der Waals surface area contributed by atoms with Crippen LogP contribution in [0.25, 0.3) is 10.6 Å². The van der Waals surface area contributed by atoms with Crippen LogP contribution in [0.2, 0.25) is 0 Å². The minimum absolute atomic E-state index is 0.223. The molecule has 2 aromatic rings. The van der Waals surface area contributed by atoms with E-state index in [0.29, 0.717) is 0 Å². The van der Waals surface area contributed by atoms with E-state index in [1.807, 2.05) is 0 Å². The summed E-state index contributed by atoms with van der Waals surface area (Å²) in [6.45, 7) is 0. The highest BCUT2D eigenvalue weighted by Crippen LogP contribution is 2.20. The van der Waals surface area contributed by atoms with Crippen LogP contribution in [0.15, 0.2) is 30.5 Å². The highest BCUT2D eigenvalue weighted by Gasteiger charge is 1.98. The van der Waals surface area contributed by atoms with Crippen molar-refractivity contribution in [2.24, 2.45) is 0 Å². The molecule has 1 heterocycles. The minimum Gasteiger partial charge on any atom is -0.244 e. The van der Waals surface area contributed by atoms with Gasteiger partial charge in [-0.2, -0.15) is 0 Å². The van der Waals surface area contributed by atoms with Gasteiger partial charge < -0.3 is 0 Å². The lowest BCUT2D eigenvalue weighted by Crippen LogP contribution is -1.76. The second-order valence-corrected chi connectivity index (χ2v) is 3.12. The molecule has 0 unspecified atom stereocenters. The third kappa shape index (κ3) is 1.36. The first-order valence-corrected chi connectivity index (χ1v) is 4.26. The summed E-state index contributed by atoms with van der Waals surface area (Å²) in [6, 6.07) is 6.28. The molecule has 0 saturated heterocycles. The monoisotopic (exact) mass is 178 g/mol. The van der Waals surface area contributed by atoms with Gasteiger partial charge in [0.05, 0.1) is 5.38 Å². The summed E-state index contributed by atoms with van der Waals surface area (Å²) in [5, 5.41) is 3.75. The van der Waals surface area contributed by atoms with E-state index >= 15 is 0 Å². The Bertz CT molecular complexity index is 353. The van der Waals surface area contributed by atoms with Crippen molar-refractivity contribution in [3.8, 4) is 10.6 Å². The van der Waals surface area contributed by atoms with Crippen molar-refractivity contribution in [2.75, 3.05) is 0 Å². The standard InChI is InChI=1S/C9H5FNS/c10-8-3-1-7(2-4-8)9-11-5-6-12-9/h1-5H. The summed E-state index contributed by atoms with van der Waals surface area (Å²) in [4.78, 5) is 4.06. The van der Waals surface area contributed by atoms with E-state index in [9.17, 15) is 4.39 Å². The van der Waals surface area contributed by atoms with E-state index < -0.39 is 0 Å². The molecule has 0 spiro atoms. The van der Waals surface area contributed by atoms with Crippen molar-refractivity contribution in [3.05, 3.63) is 41.7 Å².